The molecule has 0 unspecified atom stereocenters. The molecule has 0 N–H and O–H groups in total. The molecule has 1 aliphatic rings. The number of hydrogen-bond donors (Lipinski definition) is 0. The maximum atomic E-state index is 3.97. The molecule has 0 saturated carbocycles. The molecule has 2 nitrogen and oxygen atoms in total. The van der Waals surface area contributed by atoms with E-state index >= 15 is 0 Å². The molecule has 0 bridgehead atoms. The highest BCUT2D eigenvalue weighted by Crippen LogP contribution is 2.28. The second kappa shape index (κ2) is 4.94. The number of rotatable bonds is 4. The van der Waals surface area contributed by atoms with Gasteiger partial charge in [-0.25, -0.2) is 10.0 Å². The summed E-state index contributed by atoms with van der Waals surface area (Å²) in [6, 6.07) is 1.44. The second-order valence-corrected chi connectivity index (χ2v) is 4.80. The Morgan fingerprint density at radius 1 is 1.43 bits per heavy atom. The van der Waals surface area contributed by atoms with Gasteiger partial charge in [0, 0.05) is 26.2 Å². The van der Waals surface area contributed by atoms with Gasteiger partial charge in [-0.3, -0.25) is 0 Å². The van der Waals surface area contributed by atoms with E-state index < -0.39 is 0 Å². The zero-order valence-corrected chi connectivity index (χ0v) is 10.1. The highest BCUT2D eigenvalue weighted by molar-refractivity contribution is 4.91. The first-order valence-electron chi connectivity index (χ1n) is 5.62. The lowest BCUT2D eigenvalue weighted by molar-refractivity contribution is -0.0216. The van der Waals surface area contributed by atoms with Crippen molar-refractivity contribution in [3.8, 4) is 0 Å². The zero-order chi connectivity index (χ0) is 10.7. The first-order valence-corrected chi connectivity index (χ1v) is 5.62. The zero-order valence-electron chi connectivity index (χ0n) is 10.1. The standard InChI is InChI=1S/C12H24N2/c1-10(2)6-8-12-9-7-11(3)14(12)13(4)5/h11-12H,1,6-9H2,2-5H3/t11-,12+/m1/s1. The van der Waals surface area contributed by atoms with Gasteiger partial charge in [-0.15, -0.1) is 6.58 Å². The summed E-state index contributed by atoms with van der Waals surface area (Å²) in [7, 11) is 4.30. The van der Waals surface area contributed by atoms with Crippen LogP contribution in [0.5, 0.6) is 0 Å². The lowest BCUT2D eigenvalue weighted by atomic mass is 10.1. The summed E-state index contributed by atoms with van der Waals surface area (Å²) in [5.41, 5.74) is 1.31. The third kappa shape index (κ3) is 2.82. The third-order valence-corrected chi connectivity index (χ3v) is 3.11. The lowest BCUT2D eigenvalue weighted by Gasteiger charge is -2.34. The van der Waals surface area contributed by atoms with Gasteiger partial charge in [-0.05, 0) is 39.5 Å². The van der Waals surface area contributed by atoms with Crippen LogP contribution in [-0.4, -0.2) is 36.2 Å². The van der Waals surface area contributed by atoms with Gasteiger partial charge < -0.3 is 0 Å². The molecule has 1 fully saturated rings. The molecule has 2 atom stereocenters. The van der Waals surface area contributed by atoms with Crippen LogP contribution < -0.4 is 0 Å². The monoisotopic (exact) mass is 196 g/mol. The van der Waals surface area contributed by atoms with E-state index in [0.29, 0.717) is 6.04 Å². The first kappa shape index (κ1) is 11.7. The molecule has 1 rings (SSSR count). The summed E-state index contributed by atoms with van der Waals surface area (Å²) >= 11 is 0. The minimum Gasteiger partial charge on any atom is -0.247 e. The molecule has 0 aliphatic carbocycles. The Labute approximate surface area is 88.5 Å². The van der Waals surface area contributed by atoms with Crippen LogP contribution in [0.25, 0.3) is 0 Å². The summed E-state index contributed by atoms with van der Waals surface area (Å²) in [6.45, 7) is 8.42. The average Bonchev–Trinajstić information content (AvgIpc) is 2.43. The molecule has 1 heterocycles. The van der Waals surface area contributed by atoms with Crippen molar-refractivity contribution in [2.24, 2.45) is 0 Å². The van der Waals surface area contributed by atoms with E-state index in [2.05, 4.69) is 44.5 Å². The van der Waals surface area contributed by atoms with Crippen molar-refractivity contribution < 1.29 is 0 Å². The summed E-state index contributed by atoms with van der Waals surface area (Å²) < 4.78 is 0. The maximum absolute atomic E-state index is 3.97. The molecule has 0 aromatic heterocycles. The molecule has 82 valence electrons. The molecule has 2 heteroatoms. The van der Waals surface area contributed by atoms with Crippen molar-refractivity contribution in [2.45, 2.75) is 51.6 Å². The number of hydrazine groups is 1. The smallest absolute Gasteiger partial charge is 0.0252 e. The van der Waals surface area contributed by atoms with Gasteiger partial charge in [0.15, 0.2) is 0 Å². The van der Waals surface area contributed by atoms with E-state index in [-0.39, 0.29) is 0 Å². The van der Waals surface area contributed by atoms with Crippen molar-refractivity contribution >= 4 is 0 Å². The van der Waals surface area contributed by atoms with Crippen molar-refractivity contribution in [1.82, 2.24) is 10.0 Å². The van der Waals surface area contributed by atoms with Crippen molar-refractivity contribution in [3.63, 3.8) is 0 Å². The molecule has 1 aliphatic heterocycles. The minimum atomic E-state index is 0.708. The largest absolute Gasteiger partial charge is 0.247 e. The Hall–Kier alpha value is -0.340. The van der Waals surface area contributed by atoms with Crippen LogP contribution in [0.2, 0.25) is 0 Å². The van der Waals surface area contributed by atoms with Crippen LogP contribution in [0.15, 0.2) is 12.2 Å². The van der Waals surface area contributed by atoms with Crippen molar-refractivity contribution in [2.75, 3.05) is 14.1 Å². The highest BCUT2D eigenvalue weighted by atomic mass is 15.6. The predicted molar refractivity (Wildman–Crippen MR) is 62.1 cm³/mol. The Kier molecular flexibility index (Phi) is 4.14. The molecule has 14 heavy (non-hydrogen) atoms. The van der Waals surface area contributed by atoms with E-state index in [0.717, 1.165) is 6.04 Å². The van der Waals surface area contributed by atoms with Crippen molar-refractivity contribution in [3.05, 3.63) is 12.2 Å². The summed E-state index contributed by atoms with van der Waals surface area (Å²) in [6.07, 6.45) is 5.10. The average molecular weight is 196 g/mol. The molecular weight excluding hydrogens is 172 g/mol. The minimum absolute atomic E-state index is 0.708. The summed E-state index contributed by atoms with van der Waals surface area (Å²) in [4.78, 5) is 0. The summed E-state index contributed by atoms with van der Waals surface area (Å²) in [5.74, 6) is 0. The van der Waals surface area contributed by atoms with E-state index in [1.165, 1.54) is 31.3 Å². The molecular formula is C12H24N2. The topological polar surface area (TPSA) is 6.48 Å². The fraction of sp³-hybridized carbons (Fsp3) is 0.833. The molecule has 0 radical (unpaired) electrons. The van der Waals surface area contributed by atoms with Crippen LogP contribution >= 0.6 is 0 Å². The van der Waals surface area contributed by atoms with Crippen LogP contribution in [0.1, 0.15) is 39.5 Å². The van der Waals surface area contributed by atoms with E-state index in [4.69, 9.17) is 0 Å². The van der Waals surface area contributed by atoms with Gasteiger partial charge in [-0.1, -0.05) is 5.57 Å². The van der Waals surface area contributed by atoms with Crippen molar-refractivity contribution in [1.29, 1.82) is 0 Å². The molecule has 0 aromatic rings. The van der Waals surface area contributed by atoms with Gasteiger partial charge >= 0.3 is 0 Å². The molecule has 0 spiro atoms. The first-order chi connectivity index (χ1) is 6.52. The normalized spacial score (nSPS) is 28.6. The van der Waals surface area contributed by atoms with Crippen LogP contribution in [-0.2, 0) is 0 Å². The van der Waals surface area contributed by atoms with Gasteiger partial charge in [0.05, 0.1) is 0 Å². The quantitative estimate of drug-likeness (QED) is 0.638. The maximum Gasteiger partial charge on any atom is 0.0252 e. The Balaban J connectivity index is 2.47. The Bertz CT molecular complexity index is 198. The fourth-order valence-electron chi connectivity index (χ4n) is 2.47. The lowest BCUT2D eigenvalue weighted by Crippen LogP contribution is -2.44. The summed E-state index contributed by atoms with van der Waals surface area (Å²) in [5, 5.41) is 4.77. The fourth-order valence-corrected chi connectivity index (χ4v) is 2.47. The van der Waals surface area contributed by atoms with Crippen LogP contribution in [0.3, 0.4) is 0 Å². The van der Waals surface area contributed by atoms with Gasteiger partial charge in [0.2, 0.25) is 0 Å². The van der Waals surface area contributed by atoms with Gasteiger partial charge in [0.25, 0.3) is 0 Å². The molecule has 0 amide bonds. The Morgan fingerprint density at radius 3 is 2.57 bits per heavy atom. The molecule has 0 aromatic carbocycles. The van der Waals surface area contributed by atoms with Crippen LogP contribution in [0.4, 0.5) is 0 Å². The van der Waals surface area contributed by atoms with Gasteiger partial charge in [-0.2, -0.15) is 0 Å². The highest BCUT2D eigenvalue weighted by Gasteiger charge is 2.31. The predicted octanol–water partition coefficient (Wildman–Crippen LogP) is 2.67. The second-order valence-electron chi connectivity index (χ2n) is 4.80. The van der Waals surface area contributed by atoms with Gasteiger partial charge in [0.1, 0.15) is 0 Å². The van der Waals surface area contributed by atoms with Crippen LogP contribution in [0, 0.1) is 0 Å². The Morgan fingerprint density at radius 2 is 2.07 bits per heavy atom. The number of allylic oxidation sites excluding steroid dienone is 1. The van der Waals surface area contributed by atoms with E-state index in [1.807, 2.05) is 0 Å². The number of hydrogen-bond acceptors (Lipinski definition) is 2. The third-order valence-electron chi connectivity index (χ3n) is 3.11. The SMILES string of the molecule is C=C(C)CC[C@H]1CC[C@@H](C)N1N(C)C. The number of nitrogens with zero attached hydrogens (tertiary/aromatic N) is 2. The molecule has 1 saturated heterocycles. The van der Waals surface area contributed by atoms with E-state index in [9.17, 15) is 0 Å². The van der Waals surface area contributed by atoms with E-state index in [1.54, 1.807) is 0 Å².